The largest absolute Gasteiger partial charge is 0.459 e. The molecular formula is C20H16N4O4. The Labute approximate surface area is 160 Å². The first kappa shape index (κ1) is 18.7. The SMILES string of the molecule is N=C(OC(=N)c1ccco1)c1cccc(NC(=O)c2ccc(CN=O)cc2)c1. The highest BCUT2D eigenvalue weighted by Gasteiger charge is 2.12. The zero-order valence-corrected chi connectivity index (χ0v) is 14.6. The number of hydrogen-bond donors (Lipinski definition) is 3. The first-order valence-electron chi connectivity index (χ1n) is 8.25. The summed E-state index contributed by atoms with van der Waals surface area (Å²) in [6, 6.07) is 16.3. The number of furan rings is 1. The van der Waals surface area contributed by atoms with Gasteiger partial charge < -0.3 is 14.5 Å². The van der Waals surface area contributed by atoms with Crippen molar-refractivity contribution in [1.29, 1.82) is 10.8 Å². The lowest BCUT2D eigenvalue weighted by Gasteiger charge is -2.09. The molecule has 0 spiro atoms. The number of amides is 1. The zero-order valence-electron chi connectivity index (χ0n) is 14.6. The summed E-state index contributed by atoms with van der Waals surface area (Å²) in [6.45, 7) is 0.0546. The van der Waals surface area contributed by atoms with E-state index < -0.39 is 0 Å². The van der Waals surface area contributed by atoms with Crippen LogP contribution in [-0.2, 0) is 11.3 Å². The van der Waals surface area contributed by atoms with Gasteiger partial charge in [0.15, 0.2) is 5.76 Å². The summed E-state index contributed by atoms with van der Waals surface area (Å²) in [5, 5.41) is 21.4. The Bertz CT molecular complexity index is 1010. The van der Waals surface area contributed by atoms with E-state index in [4.69, 9.17) is 20.0 Å². The molecule has 3 N–H and O–H groups in total. The third-order valence-electron chi connectivity index (χ3n) is 3.79. The van der Waals surface area contributed by atoms with Crippen LogP contribution in [0.4, 0.5) is 5.69 Å². The number of anilines is 1. The van der Waals surface area contributed by atoms with Gasteiger partial charge in [-0.1, -0.05) is 23.4 Å². The van der Waals surface area contributed by atoms with Crippen molar-refractivity contribution in [3.05, 3.63) is 94.3 Å². The second-order valence-corrected chi connectivity index (χ2v) is 5.76. The molecule has 1 amide bonds. The van der Waals surface area contributed by atoms with E-state index in [1.54, 1.807) is 60.7 Å². The quantitative estimate of drug-likeness (QED) is 0.339. The maximum Gasteiger partial charge on any atom is 0.257 e. The number of carbonyl (C=O) groups is 1. The molecule has 0 aliphatic carbocycles. The Morgan fingerprint density at radius 1 is 1.00 bits per heavy atom. The van der Waals surface area contributed by atoms with Crippen LogP contribution in [-0.4, -0.2) is 17.7 Å². The summed E-state index contributed by atoms with van der Waals surface area (Å²) in [5.41, 5.74) is 2.00. The minimum atomic E-state index is -0.335. The summed E-state index contributed by atoms with van der Waals surface area (Å²) in [4.78, 5) is 22.6. The molecule has 0 bridgehead atoms. The van der Waals surface area contributed by atoms with Crippen LogP contribution in [0.3, 0.4) is 0 Å². The fourth-order valence-corrected chi connectivity index (χ4v) is 2.40. The van der Waals surface area contributed by atoms with Crippen molar-refractivity contribution in [2.45, 2.75) is 6.54 Å². The molecule has 3 rings (SSSR count). The molecule has 3 aromatic rings. The van der Waals surface area contributed by atoms with Crippen molar-refractivity contribution in [3.8, 4) is 0 Å². The van der Waals surface area contributed by atoms with E-state index in [9.17, 15) is 9.70 Å². The fraction of sp³-hybridized carbons (Fsp3) is 0.0500. The monoisotopic (exact) mass is 376 g/mol. The molecule has 8 heteroatoms. The van der Waals surface area contributed by atoms with Crippen LogP contribution >= 0.6 is 0 Å². The van der Waals surface area contributed by atoms with Crippen molar-refractivity contribution in [3.63, 3.8) is 0 Å². The Morgan fingerprint density at radius 3 is 2.46 bits per heavy atom. The van der Waals surface area contributed by atoms with Crippen molar-refractivity contribution < 1.29 is 13.9 Å². The molecule has 28 heavy (non-hydrogen) atoms. The maximum absolute atomic E-state index is 12.4. The van der Waals surface area contributed by atoms with E-state index in [0.29, 0.717) is 16.8 Å². The van der Waals surface area contributed by atoms with Crippen LogP contribution in [0.25, 0.3) is 0 Å². The van der Waals surface area contributed by atoms with E-state index in [-0.39, 0.29) is 30.0 Å². The molecule has 0 saturated heterocycles. The molecule has 140 valence electrons. The predicted molar refractivity (Wildman–Crippen MR) is 104 cm³/mol. The Hall–Kier alpha value is -4.07. The minimum Gasteiger partial charge on any atom is -0.459 e. The highest BCUT2D eigenvalue weighted by molar-refractivity contribution is 6.06. The van der Waals surface area contributed by atoms with Gasteiger partial charge in [0.25, 0.3) is 11.8 Å². The molecule has 0 aliphatic heterocycles. The van der Waals surface area contributed by atoms with Crippen LogP contribution in [0, 0.1) is 15.7 Å². The van der Waals surface area contributed by atoms with Crippen LogP contribution in [0.5, 0.6) is 0 Å². The van der Waals surface area contributed by atoms with Gasteiger partial charge >= 0.3 is 0 Å². The number of nitrogens with one attached hydrogen (secondary N) is 3. The predicted octanol–water partition coefficient (Wildman–Crippen LogP) is 4.17. The third-order valence-corrected chi connectivity index (χ3v) is 3.79. The van der Waals surface area contributed by atoms with Crippen LogP contribution in [0.1, 0.15) is 27.2 Å². The van der Waals surface area contributed by atoms with E-state index in [1.165, 1.54) is 6.26 Å². The average Bonchev–Trinajstić information content (AvgIpc) is 3.24. The summed E-state index contributed by atoms with van der Waals surface area (Å²) >= 11 is 0. The smallest absolute Gasteiger partial charge is 0.257 e. The van der Waals surface area contributed by atoms with Crippen molar-refractivity contribution in [1.82, 2.24) is 0 Å². The lowest BCUT2D eigenvalue weighted by atomic mass is 10.1. The molecule has 1 heterocycles. The van der Waals surface area contributed by atoms with Crippen LogP contribution in [0.2, 0.25) is 0 Å². The normalized spacial score (nSPS) is 10.1. The summed E-state index contributed by atoms with van der Waals surface area (Å²) in [7, 11) is 0. The lowest BCUT2D eigenvalue weighted by molar-refractivity contribution is 0.102. The van der Waals surface area contributed by atoms with Crippen molar-refractivity contribution in [2.75, 3.05) is 5.32 Å². The van der Waals surface area contributed by atoms with Gasteiger partial charge in [-0.05, 0) is 48.0 Å². The molecule has 2 aromatic carbocycles. The molecule has 0 atom stereocenters. The Kier molecular flexibility index (Phi) is 5.71. The first-order chi connectivity index (χ1) is 13.6. The number of nitrogens with zero attached hydrogens (tertiary/aromatic N) is 1. The standard InChI is InChI=1S/C20H16N4O4/c21-18(28-19(22)17-5-2-10-27-17)15-3-1-4-16(11-15)24-20(25)14-8-6-13(7-9-14)12-23-26/h1-11,21-22H,12H2,(H,24,25). The van der Waals surface area contributed by atoms with Gasteiger partial charge in [0, 0.05) is 16.8 Å². The maximum atomic E-state index is 12.4. The number of carbonyl (C=O) groups excluding carboxylic acids is 1. The van der Waals surface area contributed by atoms with Gasteiger partial charge in [-0.15, -0.1) is 0 Å². The molecule has 0 fully saturated rings. The lowest BCUT2D eigenvalue weighted by Crippen LogP contribution is -2.14. The van der Waals surface area contributed by atoms with E-state index in [0.717, 1.165) is 5.56 Å². The number of hydrogen-bond acceptors (Lipinski definition) is 7. The minimum absolute atomic E-state index is 0.0546. The second kappa shape index (κ2) is 8.54. The first-order valence-corrected chi connectivity index (χ1v) is 8.25. The zero-order chi connectivity index (χ0) is 19.9. The fourth-order valence-electron chi connectivity index (χ4n) is 2.40. The Balaban J connectivity index is 1.67. The van der Waals surface area contributed by atoms with Gasteiger partial charge in [0.1, 0.15) is 6.54 Å². The summed E-state index contributed by atoms with van der Waals surface area (Å²) < 4.78 is 10.2. The number of benzene rings is 2. The van der Waals surface area contributed by atoms with E-state index in [2.05, 4.69) is 10.5 Å². The molecule has 0 aliphatic rings. The molecule has 8 nitrogen and oxygen atoms in total. The van der Waals surface area contributed by atoms with Crippen LogP contribution in [0.15, 0.2) is 76.5 Å². The molecular weight excluding hydrogens is 360 g/mol. The van der Waals surface area contributed by atoms with Gasteiger partial charge in [-0.3, -0.25) is 15.6 Å². The van der Waals surface area contributed by atoms with E-state index >= 15 is 0 Å². The number of rotatable bonds is 6. The highest BCUT2D eigenvalue weighted by Crippen LogP contribution is 2.15. The topological polar surface area (TPSA) is 129 Å². The van der Waals surface area contributed by atoms with Gasteiger partial charge in [-0.25, -0.2) is 0 Å². The molecule has 0 saturated carbocycles. The van der Waals surface area contributed by atoms with Gasteiger partial charge in [0.05, 0.1) is 6.26 Å². The summed E-state index contributed by atoms with van der Waals surface area (Å²) in [6.07, 6.45) is 1.41. The van der Waals surface area contributed by atoms with Crippen LogP contribution < -0.4 is 5.32 Å². The molecule has 0 radical (unpaired) electrons. The van der Waals surface area contributed by atoms with E-state index in [1.807, 2.05) is 0 Å². The third kappa shape index (κ3) is 4.55. The second-order valence-electron chi connectivity index (χ2n) is 5.76. The molecule has 1 aromatic heterocycles. The molecule has 0 unspecified atom stereocenters. The average molecular weight is 376 g/mol. The number of ether oxygens (including phenoxy) is 1. The Morgan fingerprint density at radius 2 is 1.79 bits per heavy atom. The van der Waals surface area contributed by atoms with Crippen molar-refractivity contribution in [2.24, 2.45) is 5.18 Å². The number of nitroso groups, excluding NO2 is 1. The van der Waals surface area contributed by atoms with Gasteiger partial charge in [0.2, 0.25) is 5.90 Å². The van der Waals surface area contributed by atoms with Gasteiger partial charge in [-0.2, -0.15) is 4.91 Å². The summed E-state index contributed by atoms with van der Waals surface area (Å²) in [5.74, 6) is -0.654. The van der Waals surface area contributed by atoms with Crippen molar-refractivity contribution >= 4 is 23.4 Å². The highest BCUT2D eigenvalue weighted by atomic mass is 16.5.